The molecule has 2 aromatic rings. The standard InChI is InChI=1S/C20H21N3O5S/c1-13(2)8-10-29-19-6-4-15(11-18(19)23(27)28)20(24)21-9-7-14-3-5-16(22(25)26)12-17(14)21/h3-6,11-13H,7-10H2,1-2H3. The highest BCUT2D eigenvalue weighted by Gasteiger charge is 2.29. The minimum absolute atomic E-state index is 0.0914. The van der Waals surface area contributed by atoms with Crippen molar-refractivity contribution in [2.75, 3.05) is 17.2 Å². The number of carbonyl (C=O) groups excluding carboxylic acids is 1. The largest absolute Gasteiger partial charge is 0.307 e. The van der Waals surface area contributed by atoms with Crippen molar-refractivity contribution in [3.63, 3.8) is 0 Å². The minimum Gasteiger partial charge on any atom is -0.307 e. The lowest BCUT2D eigenvalue weighted by Crippen LogP contribution is -2.29. The Morgan fingerprint density at radius 1 is 1.14 bits per heavy atom. The maximum Gasteiger partial charge on any atom is 0.283 e. The number of non-ortho nitro benzene ring substituents is 1. The molecule has 1 aliphatic rings. The van der Waals surface area contributed by atoms with Gasteiger partial charge < -0.3 is 4.90 Å². The van der Waals surface area contributed by atoms with Crippen LogP contribution < -0.4 is 4.90 Å². The average molecular weight is 415 g/mol. The first-order valence-corrected chi connectivity index (χ1v) is 10.3. The van der Waals surface area contributed by atoms with Gasteiger partial charge in [0.1, 0.15) is 0 Å². The highest BCUT2D eigenvalue weighted by atomic mass is 32.2. The van der Waals surface area contributed by atoms with Crippen molar-refractivity contribution < 1.29 is 14.6 Å². The molecule has 152 valence electrons. The summed E-state index contributed by atoms with van der Waals surface area (Å²) in [7, 11) is 0. The summed E-state index contributed by atoms with van der Waals surface area (Å²) in [6.07, 6.45) is 1.52. The molecule has 0 saturated carbocycles. The summed E-state index contributed by atoms with van der Waals surface area (Å²) in [5, 5.41) is 22.6. The summed E-state index contributed by atoms with van der Waals surface area (Å²) in [5.74, 6) is 0.863. The lowest BCUT2D eigenvalue weighted by molar-refractivity contribution is -0.387. The molecule has 0 radical (unpaired) electrons. The van der Waals surface area contributed by atoms with Crippen molar-refractivity contribution in [2.24, 2.45) is 5.92 Å². The molecule has 1 amide bonds. The number of nitrogens with zero attached hydrogens (tertiary/aromatic N) is 3. The minimum atomic E-state index is -0.505. The van der Waals surface area contributed by atoms with E-state index in [1.165, 1.54) is 34.9 Å². The number of hydrogen-bond acceptors (Lipinski definition) is 6. The number of amides is 1. The Kier molecular flexibility index (Phi) is 6.17. The normalized spacial score (nSPS) is 12.9. The molecule has 1 heterocycles. The quantitative estimate of drug-likeness (QED) is 0.364. The third-order valence-electron chi connectivity index (χ3n) is 4.78. The van der Waals surface area contributed by atoms with Crippen LogP contribution in [0, 0.1) is 26.1 Å². The molecule has 8 nitrogen and oxygen atoms in total. The van der Waals surface area contributed by atoms with Crippen molar-refractivity contribution in [3.8, 4) is 0 Å². The number of nitro groups is 2. The fourth-order valence-corrected chi connectivity index (χ4v) is 4.42. The van der Waals surface area contributed by atoms with E-state index in [-0.39, 0.29) is 16.9 Å². The molecule has 3 rings (SSSR count). The zero-order valence-electron chi connectivity index (χ0n) is 16.2. The number of nitro benzene ring substituents is 2. The number of hydrogen-bond donors (Lipinski definition) is 0. The fraction of sp³-hybridized carbons (Fsp3) is 0.350. The van der Waals surface area contributed by atoms with Gasteiger partial charge >= 0.3 is 0 Å². The fourth-order valence-electron chi connectivity index (χ4n) is 3.17. The van der Waals surface area contributed by atoms with Crippen LogP contribution in [-0.2, 0) is 6.42 Å². The van der Waals surface area contributed by atoms with Crippen molar-refractivity contribution in [3.05, 3.63) is 67.8 Å². The monoisotopic (exact) mass is 415 g/mol. The molecule has 0 unspecified atom stereocenters. The zero-order chi connectivity index (χ0) is 21.1. The van der Waals surface area contributed by atoms with Crippen LogP contribution in [0.1, 0.15) is 36.2 Å². The van der Waals surface area contributed by atoms with Crippen molar-refractivity contribution in [1.82, 2.24) is 0 Å². The summed E-state index contributed by atoms with van der Waals surface area (Å²) in [6, 6.07) is 8.95. The number of carbonyl (C=O) groups is 1. The lowest BCUT2D eigenvalue weighted by Gasteiger charge is -2.17. The van der Waals surface area contributed by atoms with E-state index in [4.69, 9.17) is 0 Å². The first-order valence-electron chi connectivity index (χ1n) is 9.28. The molecule has 0 aliphatic carbocycles. The van der Waals surface area contributed by atoms with Gasteiger partial charge in [0.2, 0.25) is 0 Å². The molecule has 0 N–H and O–H groups in total. The van der Waals surface area contributed by atoms with Crippen LogP contribution in [0.15, 0.2) is 41.3 Å². The maximum absolute atomic E-state index is 13.0. The van der Waals surface area contributed by atoms with E-state index in [0.29, 0.717) is 29.5 Å². The van der Waals surface area contributed by atoms with E-state index in [0.717, 1.165) is 17.7 Å². The second-order valence-corrected chi connectivity index (χ2v) is 8.38. The predicted molar refractivity (Wildman–Crippen MR) is 112 cm³/mol. The average Bonchev–Trinajstić information content (AvgIpc) is 3.10. The van der Waals surface area contributed by atoms with Gasteiger partial charge in [-0.25, -0.2) is 0 Å². The van der Waals surface area contributed by atoms with E-state index >= 15 is 0 Å². The highest BCUT2D eigenvalue weighted by Crippen LogP contribution is 2.35. The molecule has 0 fully saturated rings. The number of thioether (sulfide) groups is 1. The van der Waals surface area contributed by atoms with Crippen LogP contribution in [0.2, 0.25) is 0 Å². The second-order valence-electron chi connectivity index (χ2n) is 7.25. The van der Waals surface area contributed by atoms with Gasteiger partial charge in [0.05, 0.1) is 20.4 Å². The summed E-state index contributed by atoms with van der Waals surface area (Å²) >= 11 is 1.41. The van der Waals surface area contributed by atoms with Crippen LogP contribution in [0.5, 0.6) is 0 Å². The molecular formula is C20H21N3O5S. The van der Waals surface area contributed by atoms with Crippen molar-refractivity contribution in [2.45, 2.75) is 31.6 Å². The van der Waals surface area contributed by atoms with E-state index in [2.05, 4.69) is 13.8 Å². The summed E-state index contributed by atoms with van der Waals surface area (Å²) in [5.41, 5.74) is 1.35. The molecule has 0 atom stereocenters. The Hall–Kier alpha value is -2.94. The molecule has 1 aliphatic heterocycles. The van der Waals surface area contributed by atoms with Gasteiger partial charge in [-0.1, -0.05) is 19.9 Å². The van der Waals surface area contributed by atoms with Crippen LogP contribution in [0.3, 0.4) is 0 Å². The predicted octanol–water partition coefficient (Wildman–Crippen LogP) is 4.84. The third kappa shape index (κ3) is 4.56. The van der Waals surface area contributed by atoms with Gasteiger partial charge in [-0.05, 0) is 42.2 Å². The lowest BCUT2D eigenvalue weighted by atomic mass is 10.1. The van der Waals surface area contributed by atoms with Gasteiger partial charge in [0.25, 0.3) is 17.3 Å². The molecule has 0 saturated heterocycles. The topological polar surface area (TPSA) is 107 Å². The van der Waals surface area contributed by atoms with Gasteiger partial charge in [-0.2, -0.15) is 0 Å². The second kappa shape index (κ2) is 8.60. The Bertz CT molecular complexity index is 977. The number of fused-ring (bicyclic) bond motifs is 1. The first-order chi connectivity index (χ1) is 13.8. The summed E-state index contributed by atoms with van der Waals surface area (Å²) < 4.78 is 0. The van der Waals surface area contributed by atoms with E-state index in [9.17, 15) is 25.0 Å². The van der Waals surface area contributed by atoms with Crippen molar-refractivity contribution in [1.29, 1.82) is 0 Å². The van der Waals surface area contributed by atoms with Crippen LogP contribution in [0.4, 0.5) is 17.1 Å². The molecule has 9 heteroatoms. The van der Waals surface area contributed by atoms with E-state index in [1.807, 2.05) is 0 Å². The Morgan fingerprint density at radius 2 is 1.90 bits per heavy atom. The van der Waals surface area contributed by atoms with Gasteiger partial charge in [0, 0.05) is 30.3 Å². The van der Waals surface area contributed by atoms with Crippen LogP contribution in [0.25, 0.3) is 0 Å². The van der Waals surface area contributed by atoms with Crippen LogP contribution >= 0.6 is 11.8 Å². The Balaban J connectivity index is 1.87. The Labute approximate surface area is 172 Å². The smallest absolute Gasteiger partial charge is 0.283 e. The number of rotatable bonds is 7. The van der Waals surface area contributed by atoms with Gasteiger partial charge in [0.15, 0.2) is 0 Å². The molecule has 0 bridgehead atoms. The van der Waals surface area contributed by atoms with Gasteiger partial charge in [-0.3, -0.25) is 25.0 Å². The summed E-state index contributed by atoms with van der Waals surface area (Å²) in [6.45, 7) is 4.57. The van der Waals surface area contributed by atoms with E-state index in [1.54, 1.807) is 18.2 Å². The van der Waals surface area contributed by atoms with Gasteiger partial charge in [-0.15, -0.1) is 11.8 Å². The molecule has 29 heavy (non-hydrogen) atoms. The maximum atomic E-state index is 13.0. The van der Waals surface area contributed by atoms with E-state index < -0.39 is 15.8 Å². The van der Waals surface area contributed by atoms with Crippen LogP contribution in [-0.4, -0.2) is 28.1 Å². The third-order valence-corrected chi connectivity index (χ3v) is 5.87. The number of anilines is 1. The molecular weight excluding hydrogens is 394 g/mol. The zero-order valence-corrected chi connectivity index (χ0v) is 17.0. The number of benzene rings is 2. The first kappa shape index (κ1) is 20.8. The SMILES string of the molecule is CC(C)CCSc1ccc(C(=O)N2CCc3ccc([N+](=O)[O-])cc32)cc1[N+](=O)[O-]. The highest BCUT2D eigenvalue weighted by molar-refractivity contribution is 7.99. The molecule has 2 aromatic carbocycles. The molecule has 0 spiro atoms. The summed E-state index contributed by atoms with van der Waals surface area (Å²) in [4.78, 5) is 36.6. The van der Waals surface area contributed by atoms with Crippen molar-refractivity contribution >= 4 is 34.7 Å². The molecule has 0 aromatic heterocycles. The Morgan fingerprint density at radius 3 is 2.55 bits per heavy atom.